The molecular formula is C16H33N3O. The molecule has 0 saturated carbocycles. The molecule has 0 aromatic rings. The van der Waals surface area contributed by atoms with Gasteiger partial charge in [0, 0.05) is 19.5 Å². The van der Waals surface area contributed by atoms with Gasteiger partial charge >= 0.3 is 0 Å². The van der Waals surface area contributed by atoms with E-state index in [1.165, 1.54) is 32.5 Å². The molecule has 1 heterocycles. The summed E-state index contributed by atoms with van der Waals surface area (Å²) in [5.41, 5.74) is 0. The highest BCUT2D eigenvalue weighted by atomic mass is 16.2. The molecule has 0 unspecified atom stereocenters. The molecule has 0 spiro atoms. The Morgan fingerprint density at radius 1 is 1.20 bits per heavy atom. The van der Waals surface area contributed by atoms with Gasteiger partial charge in [-0.25, -0.2) is 0 Å². The summed E-state index contributed by atoms with van der Waals surface area (Å²) in [5, 5.41) is 3.45. The largest absolute Gasteiger partial charge is 0.343 e. The van der Waals surface area contributed by atoms with Crippen molar-refractivity contribution in [2.45, 2.75) is 46.5 Å². The van der Waals surface area contributed by atoms with Gasteiger partial charge in [0.25, 0.3) is 0 Å². The number of hydrogen-bond donors (Lipinski definition) is 1. The lowest BCUT2D eigenvalue weighted by Crippen LogP contribution is -2.38. The number of nitrogens with zero attached hydrogens (tertiary/aromatic N) is 2. The standard InChI is InChI=1S/C16H33N3O/c1-4-17-14-15-9-12-18(13-10-15)11-7-8-16(20)19(5-2)6-3/h15,17H,4-14H2,1-3H3. The Hall–Kier alpha value is -0.610. The smallest absolute Gasteiger partial charge is 0.222 e. The van der Waals surface area contributed by atoms with E-state index in [-0.39, 0.29) is 0 Å². The average Bonchev–Trinajstić information content (AvgIpc) is 2.47. The van der Waals surface area contributed by atoms with Gasteiger partial charge in [0.2, 0.25) is 5.91 Å². The van der Waals surface area contributed by atoms with Crippen LogP contribution in [-0.2, 0) is 4.79 Å². The Kier molecular flexibility index (Phi) is 8.86. The van der Waals surface area contributed by atoms with E-state index in [9.17, 15) is 4.79 Å². The van der Waals surface area contributed by atoms with Crippen molar-refractivity contribution >= 4 is 5.91 Å². The summed E-state index contributed by atoms with van der Waals surface area (Å²) >= 11 is 0. The van der Waals surface area contributed by atoms with Crippen LogP contribution in [-0.4, -0.2) is 61.5 Å². The van der Waals surface area contributed by atoms with Crippen LogP contribution < -0.4 is 5.32 Å². The third kappa shape index (κ3) is 6.23. The number of carbonyl (C=O) groups is 1. The summed E-state index contributed by atoms with van der Waals surface area (Å²) in [7, 11) is 0. The molecule has 1 fully saturated rings. The molecule has 0 aromatic heterocycles. The second-order valence-corrected chi connectivity index (χ2v) is 5.76. The van der Waals surface area contributed by atoms with E-state index in [2.05, 4.69) is 31.0 Å². The van der Waals surface area contributed by atoms with Crippen LogP contribution >= 0.6 is 0 Å². The molecule has 1 N–H and O–H groups in total. The fraction of sp³-hybridized carbons (Fsp3) is 0.938. The summed E-state index contributed by atoms with van der Waals surface area (Å²) in [4.78, 5) is 16.4. The van der Waals surface area contributed by atoms with Gasteiger partial charge < -0.3 is 15.1 Å². The Bertz CT molecular complexity index is 258. The Morgan fingerprint density at radius 2 is 1.85 bits per heavy atom. The summed E-state index contributed by atoms with van der Waals surface area (Å²) in [6, 6.07) is 0. The molecule has 1 amide bonds. The topological polar surface area (TPSA) is 35.6 Å². The third-order valence-electron chi connectivity index (χ3n) is 4.37. The Labute approximate surface area is 124 Å². The molecule has 4 nitrogen and oxygen atoms in total. The summed E-state index contributed by atoms with van der Waals surface area (Å²) in [6.45, 7) is 13.7. The molecule has 4 heteroatoms. The fourth-order valence-electron chi connectivity index (χ4n) is 2.95. The molecule has 20 heavy (non-hydrogen) atoms. The highest BCUT2D eigenvalue weighted by molar-refractivity contribution is 5.76. The van der Waals surface area contributed by atoms with Gasteiger partial charge in [0.05, 0.1) is 0 Å². The molecule has 0 radical (unpaired) electrons. The van der Waals surface area contributed by atoms with Gasteiger partial charge in [-0.2, -0.15) is 0 Å². The first kappa shape index (κ1) is 17.4. The molecule has 1 saturated heterocycles. The minimum Gasteiger partial charge on any atom is -0.343 e. The number of hydrogen-bond acceptors (Lipinski definition) is 3. The number of rotatable bonds is 9. The summed E-state index contributed by atoms with van der Waals surface area (Å²) < 4.78 is 0. The molecule has 0 aliphatic carbocycles. The van der Waals surface area contributed by atoms with Crippen molar-refractivity contribution in [2.75, 3.05) is 45.8 Å². The van der Waals surface area contributed by atoms with Crippen molar-refractivity contribution in [1.82, 2.24) is 15.1 Å². The summed E-state index contributed by atoms with van der Waals surface area (Å²) in [6.07, 6.45) is 4.32. The maximum absolute atomic E-state index is 11.9. The van der Waals surface area contributed by atoms with Gasteiger partial charge in [-0.15, -0.1) is 0 Å². The minimum atomic E-state index is 0.317. The van der Waals surface area contributed by atoms with Crippen LogP contribution in [0.15, 0.2) is 0 Å². The number of amides is 1. The molecule has 1 aliphatic heterocycles. The lowest BCUT2D eigenvalue weighted by atomic mass is 9.96. The van der Waals surface area contributed by atoms with Crippen LogP contribution in [0.1, 0.15) is 46.5 Å². The molecule has 118 valence electrons. The lowest BCUT2D eigenvalue weighted by molar-refractivity contribution is -0.131. The van der Waals surface area contributed by atoms with Crippen LogP contribution in [0, 0.1) is 5.92 Å². The zero-order valence-electron chi connectivity index (χ0n) is 13.7. The van der Waals surface area contributed by atoms with E-state index in [1.807, 2.05) is 4.90 Å². The van der Waals surface area contributed by atoms with E-state index in [1.54, 1.807) is 0 Å². The molecule has 0 bridgehead atoms. The molecule has 1 rings (SSSR count). The Morgan fingerprint density at radius 3 is 2.40 bits per heavy atom. The molecule has 1 aliphatic rings. The minimum absolute atomic E-state index is 0.317. The van der Waals surface area contributed by atoms with Gasteiger partial charge in [0.15, 0.2) is 0 Å². The third-order valence-corrected chi connectivity index (χ3v) is 4.37. The highest BCUT2D eigenvalue weighted by Gasteiger charge is 2.18. The highest BCUT2D eigenvalue weighted by Crippen LogP contribution is 2.16. The number of carbonyl (C=O) groups excluding carboxylic acids is 1. The van der Waals surface area contributed by atoms with Crippen molar-refractivity contribution in [3.8, 4) is 0 Å². The quantitative estimate of drug-likeness (QED) is 0.702. The SMILES string of the molecule is CCNCC1CCN(CCCC(=O)N(CC)CC)CC1. The predicted octanol–water partition coefficient (Wildman–Crippen LogP) is 1.96. The van der Waals surface area contributed by atoms with E-state index in [0.29, 0.717) is 12.3 Å². The van der Waals surface area contributed by atoms with E-state index < -0.39 is 0 Å². The van der Waals surface area contributed by atoms with Crippen molar-refractivity contribution in [1.29, 1.82) is 0 Å². The first-order valence-electron chi connectivity index (χ1n) is 8.42. The van der Waals surface area contributed by atoms with Gasteiger partial charge in [-0.1, -0.05) is 6.92 Å². The first-order chi connectivity index (χ1) is 9.71. The fourth-order valence-corrected chi connectivity index (χ4v) is 2.95. The maximum atomic E-state index is 11.9. The first-order valence-corrected chi connectivity index (χ1v) is 8.42. The van der Waals surface area contributed by atoms with Crippen LogP contribution in [0.3, 0.4) is 0 Å². The van der Waals surface area contributed by atoms with Gasteiger partial charge in [0.1, 0.15) is 0 Å². The monoisotopic (exact) mass is 283 g/mol. The van der Waals surface area contributed by atoms with Gasteiger partial charge in [-0.3, -0.25) is 4.79 Å². The second-order valence-electron chi connectivity index (χ2n) is 5.76. The van der Waals surface area contributed by atoms with Crippen LogP contribution in [0.4, 0.5) is 0 Å². The number of nitrogens with one attached hydrogen (secondary N) is 1. The summed E-state index contributed by atoms with van der Waals surface area (Å²) in [5.74, 6) is 1.17. The second kappa shape index (κ2) is 10.2. The van der Waals surface area contributed by atoms with Gasteiger partial charge in [-0.05, 0) is 71.8 Å². The average molecular weight is 283 g/mol. The van der Waals surface area contributed by atoms with Crippen molar-refractivity contribution < 1.29 is 4.79 Å². The normalized spacial score (nSPS) is 17.4. The molecular weight excluding hydrogens is 250 g/mol. The number of piperidine rings is 1. The zero-order chi connectivity index (χ0) is 14.8. The lowest BCUT2D eigenvalue weighted by Gasteiger charge is -2.32. The van der Waals surface area contributed by atoms with E-state index in [0.717, 1.165) is 38.5 Å². The van der Waals surface area contributed by atoms with E-state index >= 15 is 0 Å². The van der Waals surface area contributed by atoms with Crippen LogP contribution in [0.2, 0.25) is 0 Å². The van der Waals surface area contributed by atoms with Crippen molar-refractivity contribution in [2.24, 2.45) is 5.92 Å². The van der Waals surface area contributed by atoms with Crippen molar-refractivity contribution in [3.63, 3.8) is 0 Å². The van der Waals surface area contributed by atoms with Crippen LogP contribution in [0.5, 0.6) is 0 Å². The molecule has 0 aromatic carbocycles. The number of likely N-dealkylation sites (tertiary alicyclic amines) is 1. The van der Waals surface area contributed by atoms with E-state index in [4.69, 9.17) is 0 Å². The zero-order valence-corrected chi connectivity index (χ0v) is 13.7. The van der Waals surface area contributed by atoms with Crippen molar-refractivity contribution in [3.05, 3.63) is 0 Å². The van der Waals surface area contributed by atoms with Crippen LogP contribution in [0.25, 0.3) is 0 Å². The maximum Gasteiger partial charge on any atom is 0.222 e. The molecule has 0 atom stereocenters. The predicted molar refractivity (Wildman–Crippen MR) is 84.9 cm³/mol. The Balaban J connectivity index is 2.11.